The fourth-order valence-corrected chi connectivity index (χ4v) is 14.5. The lowest BCUT2D eigenvalue weighted by atomic mass is 9.88. The number of rotatable bonds is 6. The topological polar surface area (TPSA) is 38.0 Å². The summed E-state index contributed by atoms with van der Waals surface area (Å²) < 4.78 is 9.45. The first-order valence-corrected chi connectivity index (χ1v) is 26.3. The molecule has 0 amide bonds. The summed E-state index contributed by atoms with van der Waals surface area (Å²) in [6, 6.07) is 84.3. The highest BCUT2D eigenvalue weighted by Crippen LogP contribution is 2.55. The second kappa shape index (κ2) is 16.5. The van der Waals surface area contributed by atoms with Crippen LogP contribution in [0.5, 0.6) is 0 Å². The highest BCUT2D eigenvalue weighted by atomic mass is 32.1. The van der Waals surface area contributed by atoms with E-state index in [0.717, 1.165) is 109 Å². The molecule has 0 atom stereocenters. The SMILES string of the molecule is [C-]#[N+]c1c(-c2ccccc2)c(C#N)c(-n2c3c(ccc4c5ccccc5sc43)c3ccc4c(sc5cccc(-c6ccccc6)c54)c32)c(-c2ccccc2)c1-n1c2ccccc2c2c(-c3ccccc3)cccc21. The number of nitrogens with zero attached hydrogens (tertiary/aromatic N) is 4. The third-order valence-electron chi connectivity index (χ3n) is 15.0. The average molecular weight is 975 g/mol. The molecule has 74 heavy (non-hydrogen) atoms. The van der Waals surface area contributed by atoms with Gasteiger partial charge in [-0.05, 0) is 57.6 Å². The Hall–Kier alpha value is -9.56. The summed E-state index contributed by atoms with van der Waals surface area (Å²) in [7, 11) is 0. The molecular weight excluding hydrogens is 937 g/mol. The van der Waals surface area contributed by atoms with Gasteiger partial charge in [-0.3, -0.25) is 0 Å². The Balaban J connectivity index is 1.23. The van der Waals surface area contributed by atoms with Gasteiger partial charge in [0.05, 0.1) is 55.0 Å². The minimum atomic E-state index is 0.412. The van der Waals surface area contributed by atoms with Gasteiger partial charge in [-0.1, -0.05) is 206 Å². The van der Waals surface area contributed by atoms with Crippen molar-refractivity contribution in [3.8, 4) is 62.0 Å². The van der Waals surface area contributed by atoms with Crippen molar-refractivity contribution in [2.45, 2.75) is 0 Å². The molecule has 0 saturated carbocycles. The van der Waals surface area contributed by atoms with Gasteiger partial charge in [-0.2, -0.15) is 5.26 Å². The zero-order valence-corrected chi connectivity index (χ0v) is 41.2. The highest BCUT2D eigenvalue weighted by Gasteiger charge is 2.33. The van der Waals surface area contributed by atoms with E-state index in [1.807, 2.05) is 47.7 Å². The van der Waals surface area contributed by atoms with E-state index in [0.29, 0.717) is 16.8 Å². The van der Waals surface area contributed by atoms with E-state index >= 15 is 0 Å². The van der Waals surface area contributed by atoms with Crippen molar-refractivity contribution in [3.05, 3.63) is 248 Å². The summed E-state index contributed by atoms with van der Waals surface area (Å²) in [6.45, 7) is 9.44. The fourth-order valence-electron chi connectivity index (χ4n) is 12.0. The molecule has 4 heterocycles. The molecule has 0 saturated heterocycles. The van der Waals surface area contributed by atoms with Crippen molar-refractivity contribution in [3.63, 3.8) is 0 Å². The first kappa shape index (κ1) is 42.2. The summed E-state index contributed by atoms with van der Waals surface area (Å²) in [4.78, 5) is 4.61. The van der Waals surface area contributed by atoms with Gasteiger partial charge in [-0.25, -0.2) is 4.85 Å². The van der Waals surface area contributed by atoms with E-state index in [1.54, 1.807) is 11.3 Å². The van der Waals surface area contributed by atoms with Crippen molar-refractivity contribution in [2.75, 3.05) is 0 Å². The Morgan fingerprint density at radius 3 is 1.51 bits per heavy atom. The predicted octanol–water partition coefficient (Wildman–Crippen LogP) is 19.7. The molecule has 0 aliphatic heterocycles. The third kappa shape index (κ3) is 5.99. The number of nitriles is 1. The van der Waals surface area contributed by atoms with Gasteiger partial charge in [0.2, 0.25) is 5.69 Å². The number of para-hydroxylation sites is 1. The van der Waals surface area contributed by atoms with Crippen LogP contribution in [0, 0.1) is 17.9 Å². The molecule has 0 aliphatic rings. The van der Waals surface area contributed by atoms with Crippen LogP contribution in [0.3, 0.4) is 0 Å². The van der Waals surface area contributed by atoms with Crippen LogP contribution < -0.4 is 0 Å². The van der Waals surface area contributed by atoms with Gasteiger partial charge in [0.1, 0.15) is 6.07 Å². The summed E-state index contributed by atoms with van der Waals surface area (Å²) >= 11 is 3.61. The molecule has 4 nitrogen and oxygen atoms in total. The Bertz CT molecular complexity index is 4890. The first-order valence-electron chi connectivity index (χ1n) is 24.7. The van der Waals surface area contributed by atoms with Gasteiger partial charge < -0.3 is 9.13 Å². The van der Waals surface area contributed by atoms with E-state index in [1.165, 1.54) is 25.7 Å². The Morgan fingerprint density at radius 2 is 0.865 bits per heavy atom. The van der Waals surface area contributed by atoms with Crippen molar-refractivity contribution in [2.24, 2.45) is 0 Å². The summed E-state index contributed by atoms with van der Waals surface area (Å²) in [5, 5.41) is 21.4. The third-order valence-corrected chi connectivity index (χ3v) is 17.4. The molecule has 0 N–H and O–H groups in total. The maximum atomic E-state index is 12.3. The molecule has 0 unspecified atom stereocenters. The number of hydrogen-bond donors (Lipinski definition) is 0. The van der Waals surface area contributed by atoms with Crippen LogP contribution in [0.4, 0.5) is 5.69 Å². The number of aromatic nitrogens is 2. The van der Waals surface area contributed by atoms with Crippen molar-refractivity contribution < 1.29 is 0 Å². The van der Waals surface area contributed by atoms with Gasteiger partial charge in [0.25, 0.3) is 0 Å². The summed E-state index contributed by atoms with van der Waals surface area (Å²) in [6.07, 6.45) is 0. The fraction of sp³-hybridized carbons (Fsp3) is 0. The summed E-state index contributed by atoms with van der Waals surface area (Å²) in [5.74, 6) is 0. The molecule has 11 aromatic carbocycles. The van der Waals surface area contributed by atoms with Crippen molar-refractivity contribution in [1.82, 2.24) is 9.13 Å². The van der Waals surface area contributed by atoms with E-state index in [-0.39, 0.29) is 0 Å². The van der Waals surface area contributed by atoms with Gasteiger partial charge >= 0.3 is 0 Å². The van der Waals surface area contributed by atoms with Gasteiger partial charge in [0.15, 0.2) is 0 Å². The monoisotopic (exact) mass is 974 g/mol. The quantitative estimate of drug-likeness (QED) is 0.153. The molecule has 0 fully saturated rings. The van der Waals surface area contributed by atoms with Crippen LogP contribution in [-0.2, 0) is 0 Å². The van der Waals surface area contributed by atoms with E-state index < -0.39 is 0 Å². The first-order chi connectivity index (χ1) is 36.7. The largest absolute Gasteiger partial charge is 0.318 e. The minimum Gasteiger partial charge on any atom is -0.318 e. The molecule has 4 aromatic heterocycles. The average Bonchev–Trinajstić information content (AvgIpc) is 4.32. The van der Waals surface area contributed by atoms with Crippen LogP contribution in [0.25, 0.3) is 145 Å². The van der Waals surface area contributed by atoms with E-state index in [9.17, 15) is 11.8 Å². The zero-order valence-electron chi connectivity index (χ0n) is 39.5. The van der Waals surface area contributed by atoms with Crippen LogP contribution >= 0.6 is 22.7 Å². The molecular formula is C68H38N4S2. The normalized spacial score (nSPS) is 11.8. The number of hydrogen-bond acceptors (Lipinski definition) is 3. The molecule has 6 heteroatoms. The lowest BCUT2D eigenvalue weighted by Crippen LogP contribution is -2.09. The standard InChI is InChI=1S/C68H38N4S2/c1-70-62-58(43-24-10-4-11-25-43)53(40-69)63(59(44-26-12-5-13-27-44)66(62)71-54-32-16-14-29-51(54)60-45(30-18-33-55(60)71)41-20-6-2-7-21-41)72-64-48(36-38-50-47-28-15-17-34-56(47)73-67(50)64)49-37-39-52-61-46(42-22-8-3-9-23-42)31-19-35-57(61)74-68(52)65(49)72/h2-39H. The van der Waals surface area contributed by atoms with Gasteiger partial charge in [0, 0.05) is 63.6 Å². The Kier molecular flexibility index (Phi) is 9.40. The maximum Gasteiger partial charge on any atom is 0.220 e. The highest BCUT2D eigenvalue weighted by molar-refractivity contribution is 7.27. The predicted molar refractivity (Wildman–Crippen MR) is 314 cm³/mol. The van der Waals surface area contributed by atoms with Crippen molar-refractivity contribution in [1.29, 1.82) is 5.26 Å². The van der Waals surface area contributed by atoms with Crippen LogP contribution in [-0.4, -0.2) is 9.13 Å². The van der Waals surface area contributed by atoms with Crippen molar-refractivity contribution >= 4 is 112 Å². The van der Waals surface area contributed by atoms with E-state index in [2.05, 4.69) is 214 Å². The number of fused-ring (bicyclic) bond motifs is 14. The van der Waals surface area contributed by atoms with E-state index in [4.69, 9.17) is 0 Å². The molecule has 0 aliphatic carbocycles. The molecule has 15 rings (SSSR count). The lowest BCUT2D eigenvalue weighted by molar-refractivity contribution is 1.14. The van der Waals surface area contributed by atoms with Crippen LogP contribution in [0.15, 0.2) is 231 Å². The van der Waals surface area contributed by atoms with Crippen LogP contribution in [0.2, 0.25) is 0 Å². The van der Waals surface area contributed by atoms with Gasteiger partial charge in [-0.15, -0.1) is 22.7 Å². The Morgan fingerprint density at radius 1 is 0.378 bits per heavy atom. The Labute approximate surface area is 433 Å². The number of thiophene rings is 2. The number of benzene rings is 11. The molecule has 0 spiro atoms. The zero-order chi connectivity index (χ0) is 49.0. The maximum absolute atomic E-state index is 12.3. The molecule has 0 radical (unpaired) electrons. The molecule has 0 bridgehead atoms. The van der Waals surface area contributed by atoms with Crippen LogP contribution in [0.1, 0.15) is 5.56 Å². The second-order valence-electron chi connectivity index (χ2n) is 18.8. The second-order valence-corrected chi connectivity index (χ2v) is 20.9. The smallest absolute Gasteiger partial charge is 0.220 e. The lowest BCUT2D eigenvalue weighted by Gasteiger charge is -2.26. The molecule has 15 aromatic rings. The minimum absolute atomic E-state index is 0.412. The summed E-state index contributed by atoms with van der Waals surface area (Å²) in [5.41, 5.74) is 14.0. The molecule has 342 valence electrons.